The molecule has 80 valence electrons. The molecule has 0 atom stereocenters. The summed E-state index contributed by atoms with van der Waals surface area (Å²) in [7, 11) is 0. The molecule has 0 amide bonds. The molecule has 3 heteroatoms. The summed E-state index contributed by atoms with van der Waals surface area (Å²) in [5, 5.41) is 13.5. The first kappa shape index (κ1) is 9.44. The summed E-state index contributed by atoms with van der Waals surface area (Å²) in [5.74, 6) is 0. The predicted molar refractivity (Wildman–Crippen MR) is 63.0 cm³/mol. The molecule has 16 heavy (non-hydrogen) atoms. The molecular weight excluding hydrogens is 198 g/mol. The van der Waals surface area contributed by atoms with Gasteiger partial charge in [0.1, 0.15) is 0 Å². The number of nitrogens with zero attached hydrogens (tertiary/aromatic N) is 2. The van der Waals surface area contributed by atoms with E-state index in [0.717, 1.165) is 31.6 Å². The van der Waals surface area contributed by atoms with Gasteiger partial charge in [0.15, 0.2) is 0 Å². The van der Waals surface area contributed by atoms with E-state index in [4.69, 9.17) is 5.26 Å². The van der Waals surface area contributed by atoms with Gasteiger partial charge in [-0.3, -0.25) is 0 Å². The smallest absolute Gasteiger partial charge is 0.0991 e. The lowest BCUT2D eigenvalue weighted by Crippen LogP contribution is -2.11. The minimum absolute atomic E-state index is 0.737. The molecule has 0 saturated heterocycles. The Bertz CT molecular complexity index is 575. The Morgan fingerprint density at radius 1 is 1.31 bits per heavy atom. The van der Waals surface area contributed by atoms with Crippen LogP contribution in [0.3, 0.4) is 0 Å². The maximum absolute atomic E-state index is 8.88. The molecule has 1 aliphatic heterocycles. The summed E-state index contributed by atoms with van der Waals surface area (Å²) >= 11 is 0. The number of nitriles is 1. The van der Waals surface area contributed by atoms with Crippen molar-refractivity contribution < 1.29 is 0 Å². The van der Waals surface area contributed by atoms with E-state index in [1.165, 1.54) is 16.6 Å². The van der Waals surface area contributed by atoms with Crippen molar-refractivity contribution in [1.29, 1.82) is 5.26 Å². The average Bonchev–Trinajstić information content (AvgIpc) is 2.50. The molecule has 2 aromatic rings. The average molecular weight is 211 g/mol. The van der Waals surface area contributed by atoms with Gasteiger partial charge in [0, 0.05) is 29.7 Å². The zero-order valence-electron chi connectivity index (χ0n) is 9.03. The van der Waals surface area contributed by atoms with Gasteiger partial charge in [0.05, 0.1) is 11.6 Å². The minimum Gasteiger partial charge on any atom is -0.343 e. The topological polar surface area (TPSA) is 40.8 Å². The van der Waals surface area contributed by atoms with Gasteiger partial charge in [-0.1, -0.05) is 0 Å². The fourth-order valence-corrected chi connectivity index (χ4v) is 2.39. The van der Waals surface area contributed by atoms with Gasteiger partial charge in [0.25, 0.3) is 0 Å². The van der Waals surface area contributed by atoms with E-state index in [9.17, 15) is 0 Å². The van der Waals surface area contributed by atoms with E-state index >= 15 is 0 Å². The SMILES string of the molecule is N#Cc1ccc2c(c1)cc1n2CCCNC1. The van der Waals surface area contributed by atoms with Gasteiger partial charge < -0.3 is 9.88 Å². The lowest BCUT2D eigenvalue weighted by Gasteiger charge is -2.05. The molecule has 1 N–H and O–H groups in total. The standard InChI is InChI=1S/C13H13N3/c14-8-10-2-3-13-11(6-10)7-12-9-15-4-1-5-16(12)13/h2-3,6-7,15H,1,4-5,9H2. The second-order valence-corrected chi connectivity index (χ2v) is 4.20. The number of aryl methyl sites for hydroxylation is 1. The lowest BCUT2D eigenvalue weighted by molar-refractivity contribution is 0.654. The van der Waals surface area contributed by atoms with Crippen LogP contribution in [0.25, 0.3) is 10.9 Å². The van der Waals surface area contributed by atoms with Crippen molar-refractivity contribution in [3.63, 3.8) is 0 Å². The highest BCUT2D eigenvalue weighted by Gasteiger charge is 2.11. The van der Waals surface area contributed by atoms with E-state index in [0.29, 0.717) is 0 Å². The predicted octanol–water partition coefficient (Wildman–Crippen LogP) is 2.01. The van der Waals surface area contributed by atoms with E-state index in [1.807, 2.05) is 12.1 Å². The quantitative estimate of drug-likeness (QED) is 0.724. The van der Waals surface area contributed by atoms with Gasteiger partial charge in [-0.05, 0) is 37.2 Å². The van der Waals surface area contributed by atoms with Crippen LogP contribution in [0, 0.1) is 11.3 Å². The summed E-state index contributed by atoms with van der Waals surface area (Å²) in [6.45, 7) is 3.08. The number of benzene rings is 1. The fourth-order valence-electron chi connectivity index (χ4n) is 2.39. The van der Waals surface area contributed by atoms with Crippen molar-refractivity contribution in [3.05, 3.63) is 35.5 Å². The van der Waals surface area contributed by atoms with Crippen LogP contribution in [0.15, 0.2) is 24.3 Å². The summed E-state index contributed by atoms with van der Waals surface area (Å²) in [6.07, 6.45) is 1.16. The van der Waals surface area contributed by atoms with Crippen LogP contribution < -0.4 is 5.32 Å². The van der Waals surface area contributed by atoms with Gasteiger partial charge in [-0.25, -0.2) is 0 Å². The molecule has 0 unspecified atom stereocenters. The van der Waals surface area contributed by atoms with Crippen LogP contribution in [-0.4, -0.2) is 11.1 Å². The lowest BCUT2D eigenvalue weighted by atomic mass is 10.2. The van der Waals surface area contributed by atoms with E-state index in [-0.39, 0.29) is 0 Å². The van der Waals surface area contributed by atoms with E-state index in [1.54, 1.807) is 0 Å². The Labute approximate surface area is 94.3 Å². The summed E-state index contributed by atoms with van der Waals surface area (Å²) in [6, 6.07) is 10.3. The van der Waals surface area contributed by atoms with Crippen molar-refractivity contribution >= 4 is 10.9 Å². The molecule has 1 aromatic heterocycles. The van der Waals surface area contributed by atoms with Gasteiger partial charge in [-0.2, -0.15) is 5.26 Å². The number of fused-ring (bicyclic) bond motifs is 3. The molecule has 3 rings (SSSR count). The van der Waals surface area contributed by atoms with Gasteiger partial charge in [-0.15, -0.1) is 0 Å². The Hall–Kier alpha value is -1.79. The van der Waals surface area contributed by atoms with Crippen molar-refractivity contribution in [2.75, 3.05) is 6.54 Å². The number of aromatic nitrogens is 1. The van der Waals surface area contributed by atoms with Crippen LogP contribution in [0.5, 0.6) is 0 Å². The molecule has 0 radical (unpaired) electrons. The largest absolute Gasteiger partial charge is 0.343 e. The fraction of sp³-hybridized carbons (Fsp3) is 0.308. The number of hydrogen-bond donors (Lipinski definition) is 1. The molecule has 2 heterocycles. The Morgan fingerprint density at radius 2 is 2.25 bits per heavy atom. The zero-order valence-corrected chi connectivity index (χ0v) is 9.03. The molecular formula is C13H13N3. The van der Waals surface area contributed by atoms with Crippen molar-refractivity contribution in [1.82, 2.24) is 9.88 Å². The highest BCUT2D eigenvalue weighted by Crippen LogP contribution is 2.22. The molecule has 3 nitrogen and oxygen atoms in total. The molecule has 0 spiro atoms. The first-order chi connectivity index (χ1) is 7.88. The van der Waals surface area contributed by atoms with Crippen LogP contribution >= 0.6 is 0 Å². The van der Waals surface area contributed by atoms with Crippen LogP contribution in [0.1, 0.15) is 17.7 Å². The number of rotatable bonds is 0. The molecule has 1 aromatic carbocycles. The van der Waals surface area contributed by atoms with Crippen LogP contribution in [0.4, 0.5) is 0 Å². The van der Waals surface area contributed by atoms with E-state index < -0.39 is 0 Å². The summed E-state index contributed by atoms with van der Waals surface area (Å²) in [4.78, 5) is 0. The first-order valence-corrected chi connectivity index (χ1v) is 5.61. The second-order valence-electron chi connectivity index (χ2n) is 4.20. The summed E-state index contributed by atoms with van der Waals surface area (Å²) < 4.78 is 2.36. The number of nitrogens with one attached hydrogen (secondary N) is 1. The molecule has 0 saturated carbocycles. The highest BCUT2D eigenvalue weighted by molar-refractivity contribution is 5.82. The minimum atomic E-state index is 0.737. The third-order valence-electron chi connectivity index (χ3n) is 3.16. The van der Waals surface area contributed by atoms with Crippen molar-refractivity contribution in [3.8, 4) is 6.07 Å². The maximum atomic E-state index is 8.88. The Balaban J connectivity index is 2.21. The van der Waals surface area contributed by atoms with E-state index in [2.05, 4.69) is 28.1 Å². The van der Waals surface area contributed by atoms with Crippen LogP contribution in [-0.2, 0) is 13.1 Å². The first-order valence-electron chi connectivity index (χ1n) is 5.61. The Kier molecular flexibility index (Phi) is 2.16. The Morgan fingerprint density at radius 3 is 3.12 bits per heavy atom. The molecule has 0 fully saturated rings. The van der Waals surface area contributed by atoms with Gasteiger partial charge >= 0.3 is 0 Å². The second kappa shape index (κ2) is 3.66. The molecule has 1 aliphatic rings. The van der Waals surface area contributed by atoms with Crippen molar-refractivity contribution in [2.24, 2.45) is 0 Å². The van der Waals surface area contributed by atoms with Crippen LogP contribution in [0.2, 0.25) is 0 Å². The third kappa shape index (κ3) is 1.39. The molecule has 0 bridgehead atoms. The van der Waals surface area contributed by atoms with Crippen molar-refractivity contribution in [2.45, 2.75) is 19.5 Å². The highest BCUT2D eigenvalue weighted by atomic mass is 15.0. The number of hydrogen-bond acceptors (Lipinski definition) is 2. The maximum Gasteiger partial charge on any atom is 0.0991 e. The normalized spacial score (nSPS) is 15.4. The third-order valence-corrected chi connectivity index (χ3v) is 3.16. The zero-order chi connectivity index (χ0) is 11.0. The summed E-state index contributed by atoms with van der Waals surface area (Å²) in [5.41, 5.74) is 3.31. The van der Waals surface area contributed by atoms with Gasteiger partial charge in [0.2, 0.25) is 0 Å². The monoisotopic (exact) mass is 211 g/mol. The molecule has 0 aliphatic carbocycles.